The van der Waals surface area contributed by atoms with Crippen LogP contribution in [0.1, 0.15) is 25.8 Å². The molecule has 0 saturated heterocycles. The van der Waals surface area contributed by atoms with Gasteiger partial charge in [0, 0.05) is 0 Å². The van der Waals surface area contributed by atoms with Crippen molar-refractivity contribution in [3.63, 3.8) is 0 Å². The zero-order valence-corrected chi connectivity index (χ0v) is 8.73. The van der Waals surface area contributed by atoms with Crippen LogP contribution in [-0.4, -0.2) is 16.7 Å². The first-order valence-electron chi connectivity index (χ1n) is 4.92. The first-order chi connectivity index (χ1) is 7.31. The van der Waals surface area contributed by atoms with Crippen LogP contribution in [0.4, 0.5) is 0 Å². The largest absolute Gasteiger partial charge is 0.459 e. The summed E-state index contributed by atoms with van der Waals surface area (Å²) >= 11 is 0. The zero-order chi connectivity index (χ0) is 10.7. The SMILES string of the molecule is CCNC(C)c1nnc(-c2ccco2)o1. The second-order valence-electron chi connectivity index (χ2n) is 3.20. The van der Waals surface area contributed by atoms with Gasteiger partial charge >= 0.3 is 0 Å². The number of hydrogen-bond acceptors (Lipinski definition) is 5. The third-order valence-corrected chi connectivity index (χ3v) is 2.05. The molecule has 0 fully saturated rings. The fraction of sp³-hybridized carbons (Fsp3) is 0.400. The van der Waals surface area contributed by atoms with Gasteiger partial charge in [-0.2, -0.15) is 0 Å². The molecule has 5 heteroatoms. The van der Waals surface area contributed by atoms with Crippen LogP contribution in [-0.2, 0) is 0 Å². The molecule has 1 N–H and O–H groups in total. The first kappa shape index (κ1) is 9.92. The quantitative estimate of drug-likeness (QED) is 0.830. The maximum absolute atomic E-state index is 5.46. The third kappa shape index (κ3) is 2.07. The van der Waals surface area contributed by atoms with E-state index in [-0.39, 0.29) is 6.04 Å². The molecule has 15 heavy (non-hydrogen) atoms. The van der Waals surface area contributed by atoms with Crippen molar-refractivity contribution in [2.75, 3.05) is 6.54 Å². The molecule has 0 spiro atoms. The van der Waals surface area contributed by atoms with Crippen molar-refractivity contribution < 1.29 is 8.83 Å². The van der Waals surface area contributed by atoms with E-state index in [1.54, 1.807) is 18.4 Å². The van der Waals surface area contributed by atoms with Crippen LogP contribution in [0, 0.1) is 0 Å². The highest BCUT2D eigenvalue weighted by Gasteiger charge is 2.14. The Bertz CT molecular complexity index is 408. The summed E-state index contributed by atoms with van der Waals surface area (Å²) in [5, 5.41) is 11.1. The average Bonchev–Trinajstić information content (AvgIpc) is 2.89. The van der Waals surface area contributed by atoms with Crippen molar-refractivity contribution in [2.24, 2.45) is 0 Å². The molecule has 0 amide bonds. The normalized spacial score (nSPS) is 12.9. The van der Waals surface area contributed by atoms with Gasteiger partial charge in [-0.15, -0.1) is 10.2 Å². The number of aromatic nitrogens is 2. The highest BCUT2D eigenvalue weighted by atomic mass is 16.4. The topological polar surface area (TPSA) is 64.1 Å². The zero-order valence-electron chi connectivity index (χ0n) is 8.73. The van der Waals surface area contributed by atoms with Gasteiger partial charge in [0.25, 0.3) is 5.89 Å². The lowest BCUT2D eigenvalue weighted by Gasteiger charge is -2.05. The van der Waals surface area contributed by atoms with Gasteiger partial charge in [0.1, 0.15) is 0 Å². The lowest BCUT2D eigenvalue weighted by Crippen LogP contribution is -2.17. The molecule has 80 valence electrons. The van der Waals surface area contributed by atoms with E-state index in [0.29, 0.717) is 17.5 Å². The van der Waals surface area contributed by atoms with Crippen LogP contribution in [0.2, 0.25) is 0 Å². The lowest BCUT2D eigenvalue weighted by molar-refractivity contribution is 0.420. The summed E-state index contributed by atoms with van der Waals surface area (Å²) in [6, 6.07) is 3.63. The predicted molar refractivity (Wildman–Crippen MR) is 54.1 cm³/mol. The summed E-state index contributed by atoms with van der Waals surface area (Å²) in [7, 11) is 0. The Morgan fingerprint density at radius 1 is 1.47 bits per heavy atom. The maximum atomic E-state index is 5.46. The van der Waals surface area contributed by atoms with Gasteiger partial charge in [-0.1, -0.05) is 6.92 Å². The van der Waals surface area contributed by atoms with Crippen LogP contribution in [0.5, 0.6) is 0 Å². The van der Waals surface area contributed by atoms with Gasteiger partial charge in [0.15, 0.2) is 5.76 Å². The molecule has 0 radical (unpaired) electrons. The Kier molecular flexibility index (Phi) is 2.82. The fourth-order valence-electron chi connectivity index (χ4n) is 1.30. The van der Waals surface area contributed by atoms with E-state index in [0.717, 1.165) is 6.54 Å². The minimum absolute atomic E-state index is 0.0613. The smallest absolute Gasteiger partial charge is 0.283 e. The molecule has 0 saturated carbocycles. The molecule has 0 bridgehead atoms. The van der Waals surface area contributed by atoms with E-state index in [9.17, 15) is 0 Å². The molecule has 2 rings (SSSR count). The Morgan fingerprint density at radius 3 is 3.00 bits per heavy atom. The minimum Gasteiger partial charge on any atom is -0.459 e. The molecule has 0 aromatic carbocycles. The second-order valence-corrected chi connectivity index (χ2v) is 3.20. The molecule has 5 nitrogen and oxygen atoms in total. The van der Waals surface area contributed by atoms with Gasteiger partial charge in [0.2, 0.25) is 5.89 Å². The molecule has 2 aromatic rings. The third-order valence-electron chi connectivity index (χ3n) is 2.05. The van der Waals surface area contributed by atoms with E-state index in [1.807, 2.05) is 13.8 Å². The van der Waals surface area contributed by atoms with E-state index in [4.69, 9.17) is 8.83 Å². The van der Waals surface area contributed by atoms with Crippen molar-refractivity contribution in [1.82, 2.24) is 15.5 Å². The van der Waals surface area contributed by atoms with E-state index >= 15 is 0 Å². The number of rotatable bonds is 4. The van der Waals surface area contributed by atoms with Crippen molar-refractivity contribution >= 4 is 0 Å². The predicted octanol–water partition coefficient (Wildman–Crippen LogP) is 2.00. The monoisotopic (exact) mass is 207 g/mol. The van der Waals surface area contributed by atoms with Crippen molar-refractivity contribution in [1.29, 1.82) is 0 Å². The number of furan rings is 1. The van der Waals surface area contributed by atoms with Crippen LogP contribution in [0.15, 0.2) is 27.2 Å². The second kappa shape index (κ2) is 4.27. The summed E-state index contributed by atoms with van der Waals surface area (Å²) in [5.41, 5.74) is 0. The Morgan fingerprint density at radius 2 is 2.33 bits per heavy atom. The molecule has 1 atom stereocenters. The molecule has 1 unspecified atom stereocenters. The van der Waals surface area contributed by atoms with Gasteiger partial charge in [-0.05, 0) is 25.6 Å². The lowest BCUT2D eigenvalue weighted by atomic mass is 10.3. The van der Waals surface area contributed by atoms with Gasteiger partial charge in [-0.25, -0.2) is 0 Å². The van der Waals surface area contributed by atoms with Gasteiger partial charge < -0.3 is 14.2 Å². The molecule has 2 heterocycles. The van der Waals surface area contributed by atoms with Gasteiger partial charge in [0.05, 0.1) is 12.3 Å². The Balaban J connectivity index is 2.17. The fourth-order valence-corrected chi connectivity index (χ4v) is 1.30. The van der Waals surface area contributed by atoms with Crippen LogP contribution >= 0.6 is 0 Å². The average molecular weight is 207 g/mol. The maximum Gasteiger partial charge on any atom is 0.283 e. The first-order valence-corrected chi connectivity index (χ1v) is 4.92. The number of nitrogens with one attached hydrogen (secondary N) is 1. The molecule has 2 aromatic heterocycles. The number of nitrogens with zero attached hydrogens (tertiary/aromatic N) is 2. The van der Waals surface area contributed by atoms with E-state index in [1.165, 1.54) is 0 Å². The summed E-state index contributed by atoms with van der Waals surface area (Å²) in [4.78, 5) is 0. The Hall–Kier alpha value is -1.62. The summed E-state index contributed by atoms with van der Waals surface area (Å²) < 4.78 is 10.6. The van der Waals surface area contributed by atoms with Crippen LogP contribution in [0.3, 0.4) is 0 Å². The van der Waals surface area contributed by atoms with Crippen LogP contribution < -0.4 is 5.32 Å². The Labute approximate surface area is 87.5 Å². The van der Waals surface area contributed by atoms with Crippen molar-refractivity contribution in [3.05, 3.63) is 24.3 Å². The molecule has 0 aliphatic rings. The van der Waals surface area contributed by atoms with E-state index in [2.05, 4.69) is 15.5 Å². The summed E-state index contributed by atoms with van der Waals surface area (Å²) in [5.74, 6) is 1.58. The highest BCUT2D eigenvalue weighted by molar-refractivity contribution is 5.42. The number of hydrogen-bond donors (Lipinski definition) is 1. The standard InChI is InChI=1S/C10H13N3O2/c1-3-11-7(2)9-12-13-10(15-9)8-5-4-6-14-8/h4-7,11H,3H2,1-2H3. The summed E-state index contributed by atoms with van der Waals surface area (Å²) in [6.45, 7) is 4.86. The van der Waals surface area contributed by atoms with Crippen LogP contribution in [0.25, 0.3) is 11.7 Å². The highest BCUT2D eigenvalue weighted by Crippen LogP contribution is 2.20. The molecule has 0 aliphatic carbocycles. The van der Waals surface area contributed by atoms with E-state index < -0.39 is 0 Å². The van der Waals surface area contributed by atoms with Crippen molar-refractivity contribution in [2.45, 2.75) is 19.9 Å². The van der Waals surface area contributed by atoms with Gasteiger partial charge in [-0.3, -0.25) is 0 Å². The molecular weight excluding hydrogens is 194 g/mol. The minimum atomic E-state index is 0.0613. The molecule has 0 aliphatic heterocycles. The van der Waals surface area contributed by atoms with Crippen molar-refractivity contribution in [3.8, 4) is 11.7 Å². The molecular formula is C10H13N3O2. The summed E-state index contributed by atoms with van der Waals surface area (Å²) in [6.07, 6.45) is 1.58.